The number of hydrogen-bond donors (Lipinski definition) is 3. The van der Waals surface area contributed by atoms with Gasteiger partial charge in [-0.25, -0.2) is 4.79 Å². The van der Waals surface area contributed by atoms with Gasteiger partial charge in [-0.05, 0) is 6.07 Å². The summed E-state index contributed by atoms with van der Waals surface area (Å²) in [4.78, 5) is 28.1. The van der Waals surface area contributed by atoms with E-state index >= 15 is 0 Å². The molecule has 9 heteroatoms. The van der Waals surface area contributed by atoms with Gasteiger partial charge in [0, 0.05) is 24.1 Å². The Morgan fingerprint density at radius 2 is 2.25 bits per heavy atom. The zero-order valence-electron chi connectivity index (χ0n) is 15.7. The molecule has 1 aromatic heterocycles. The molecule has 0 saturated heterocycles. The van der Waals surface area contributed by atoms with Crippen LogP contribution >= 0.6 is 0 Å². The van der Waals surface area contributed by atoms with Crippen molar-refractivity contribution >= 4 is 0 Å². The quantitative estimate of drug-likeness (QED) is 0.600. The molecular formula is C19H22N3O6+. The fourth-order valence-electron chi connectivity index (χ4n) is 4.07. The van der Waals surface area contributed by atoms with Crippen LogP contribution in [0.2, 0.25) is 0 Å². The van der Waals surface area contributed by atoms with Crippen LogP contribution in [0.3, 0.4) is 0 Å². The summed E-state index contributed by atoms with van der Waals surface area (Å²) >= 11 is 0. The molecule has 0 radical (unpaired) electrons. The fourth-order valence-corrected chi connectivity index (χ4v) is 4.07. The number of nitrogens with one attached hydrogen (secondary N) is 2. The van der Waals surface area contributed by atoms with Gasteiger partial charge in [-0.3, -0.25) is 14.3 Å². The molecule has 0 fully saturated rings. The molecule has 3 N–H and O–H groups in total. The molecule has 3 heterocycles. The van der Waals surface area contributed by atoms with Gasteiger partial charge in [0.25, 0.3) is 5.56 Å². The first kappa shape index (κ1) is 18.2. The Morgan fingerprint density at radius 1 is 1.46 bits per heavy atom. The Morgan fingerprint density at radius 3 is 2.96 bits per heavy atom. The summed E-state index contributed by atoms with van der Waals surface area (Å²) < 4.78 is 17.8. The van der Waals surface area contributed by atoms with Crippen molar-refractivity contribution in [1.82, 2.24) is 9.55 Å². The molecule has 2 aromatic rings. The fraction of sp³-hybridized carbons (Fsp3) is 0.368. The zero-order chi connectivity index (χ0) is 20.0. The van der Waals surface area contributed by atoms with Gasteiger partial charge in [0.15, 0.2) is 11.5 Å². The molecule has 2 aliphatic heterocycles. The third kappa shape index (κ3) is 2.58. The van der Waals surface area contributed by atoms with Gasteiger partial charge >= 0.3 is 5.69 Å². The van der Waals surface area contributed by atoms with Gasteiger partial charge in [-0.2, -0.15) is 0 Å². The van der Waals surface area contributed by atoms with Crippen LogP contribution in [0, 0.1) is 0 Å². The second-order valence-electron chi connectivity index (χ2n) is 6.89. The van der Waals surface area contributed by atoms with Crippen LogP contribution in [0.4, 0.5) is 0 Å². The van der Waals surface area contributed by atoms with E-state index in [-0.39, 0.29) is 24.8 Å². The first-order valence-electron chi connectivity index (χ1n) is 8.96. The van der Waals surface area contributed by atoms with Crippen LogP contribution in [0.5, 0.6) is 23.1 Å². The maximum atomic E-state index is 12.7. The van der Waals surface area contributed by atoms with Crippen LogP contribution in [0.15, 0.2) is 28.3 Å². The topological polar surface area (TPSA) is 107 Å². The summed E-state index contributed by atoms with van der Waals surface area (Å²) in [5, 5.41) is 10.8. The predicted molar refractivity (Wildman–Crippen MR) is 99.6 cm³/mol. The minimum atomic E-state index is -0.678. The van der Waals surface area contributed by atoms with Crippen molar-refractivity contribution in [1.29, 1.82) is 0 Å². The minimum absolute atomic E-state index is 0.0809. The molecule has 28 heavy (non-hydrogen) atoms. The van der Waals surface area contributed by atoms with Crippen LogP contribution in [0.1, 0.15) is 22.7 Å². The highest BCUT2D eigenvalue weighted by atomic mass is 16.7. The summed E-state index contributed by atoms with van der Waals surface area (Å²) in [6.07, 6.45) is 2.19. The smallest absolute Gasteiger partial charge is 0.331 e. The number of aromatic hydroxyl groups is 1. The van der Waals surface area contributed by atoms with Crippen molar-refractivity contribution in [3.63, 3.8) is 0 Å². The van der Waals surface area contributed by atoms with Crippen molar-refractivity contribution in [2.24, 2.45) is 0 Å². The number of H-pyrrole nitrogens is 1. The summed E-state index contributed by atoms with van der Waals surface area (Å²) in [5.74, 6) is 1.31. The molecule has 0 saturated carbocycles. The lowest BCUT2D eigenvalue weighted by molar-refractivity contribution is -0.908. The Balaban J connectivity index is 1.99. The first-order chi connectivity index (χ1) is 13.5. The van der Waals surface area contributed by atoms with E-state index in [9.17, 15) is 14.7 Å². The molecule has 0 spiro atoms. The highest BCUT2D eigenvalue weighted by Gasteiger charge is 2.39. The molecule has 2 aliphatic rings. The first-order valence-corrected chi connectivity index (χ1v) is 8.96. The van der Waals surface area contributed by atoms with E-state index in [1.165, 1.54) is 6.08 Å². The Labute approximate surface area is 160 Å². The van der Waals surface area contributed by atoms with E-state index in [1.807, 2.05) is 13.1 Å². The summed E-state index contributed by atoms with van der Waals surface area (Å²) in [6, 6.07) is 1.32. The van der Waals surface area contributed by atoms with E-state index < -0.39 is 17.3 Å². The van der Waals surface area contributed by atoms with Crippen LogP contribution in [-0.2, 0) is 13.0 Å². The molecule has 1 aromatic carbocycles. The van der Waals surface area contributed by atoms with E-state index in [1.54, 1.807) is 7.11 Å². The van der Waals surface area contributed by atoms with E-state index in [0.29, 0.717) is 30.2 Å². The summed E-state index contributed by atoms with van der Waals surface area (Å²) in [6.45, 7) is 4.48. The zero-order valence-corrected chi connectivity index (χ0v) is 15.7. The van der Waals surface area contributed by atoms with Gasteiger partial charge < -0.3 is 24.2 Å². The molecule has 148 valence electrons. The van der Waals surface area contributed by atoms with E-state index in [0.717, 1.165) is 20.6 Å². The van der Waals surface area contributed by atoms with Gasteiger partial charge in [0.05, 0.1) is 20.7 Å². The van der Waals surface area contributed by atoms with E-state index in [2.05, 4.69) is 11.6 Å². The third-order valence-corrected chi connectivity index (χ3v) is 5.34. The maximum Gasteiger partial charge on any atom is 0.331 e. The van der Waals surface area contributed by atoms with Gasteiger partial charge in [0.2, 0.25) is 18.4 Å². The SMILES string of the molecule is C=CCn1c(O)c([C@@H]2c3cc4c(c(OC)c3CC[NH+]2C)OCO4)c(=O)[nH]c1=O. The number of fused-ring (bicyclic) bond motifs is 2. The second-order valence-corrected chi connectivity index (χ2v) is 6.89. The van der Waals surface area contributed by atoms with Gasteiger partial charge in [-0.1, -0.05) is 6.08 Å². The number of methoxy groups -OCH3 is 1. The Kier molecular flexibility index (Phi) is 4.38. The van der Waals surface area contributed by atoms with Crippen molar-refractivity contribution in [3.05, 3.63) is 56.2 Å². The van der Waals surface area contributed by atoms with Crippen molar-refractivity contribution in [2.75, 3.05) is 27.5 Å². The Hall–Kier alpha value is -3.20. The maximum absolute atomic E-state index is 12.7. The molecule has 0 aliphatic carbocycles. The monoisotopic (exact) mass is 388 g/mol. The number of hydrogen-bond acceptors (Lipinski definition) is 6. The van der Waals surface area contributed by atoms with Crippen molar-refractivity contribution in [3.8, 4) is 23.1 Å². The molecular weight excluding hydrogens is 366 g/mol. The number of aromatic nitrogens is 2. The van der Waals surface area contributed by atoms with Crippen molar-refractivity contribution < 1.29 is 24.2 Å². The number of quaternary nitrogens is 1. The molecule has 4 rings (SSSR count). The Bertz CT molecular complexity index is 1070. The molecule has 2 atom stereocenters. The lowest BCUT2D eigenvalue weighted by Gasteiger charge is -2.32. The molecule has 9 nitrogen and oxygen atoms in total. The number of benzene rings is 1. The van der Waals surface area contributed by atoms with Crippen molar-refractivity contribution in [2.45, 2.75) is 19.0 Å². The summed E-state index contributed by atoms with van der Waals surface area (Å²) in [7, 11) is 3.50. The van der Waals surface area contributed by atoms with Crippen LogP contribution < -0.4 is 30.4 Å². The summed E-state index contributed by atoms with van der Waals surface area (Å²) in [5.41, 5.74) is 0.539. The number of ether oxygens (including phenoxy) is 3. The molecule has 0 bridgehead atoms. The number of rotatable bonds is 4. The highest BCUT2D eigenvalue weighted by Crippen LogP contribution is 2.47. The molecule has 1 unspecified atom stereocenters. The normalized spacial score (nSPS) is 19.9. The van der Waals surface area contributed by atoms with Gasteiger partial charge in [-0.15, -0.1) is 6.58 Å². The second kappa shape index (κ2) is 6.75. The third-order valence-electron chi connectivity index (χ3n) is 5.34. The largest absolute Gasteiger partial charge is 0.494 e. The highest BCUT2D eigenvalue weighted by molar-refractivity contribution is 5.62. The molecule has 0 amide bonds. The van der Waals surface area contributed by atoms with E-state index in [4.69, 9.17) is 14.2 Å². The number of likely N-dealkylation sites (N-methyl/N-ethyl adjacent to an activating group) is 1. The van der Waals surface area contributed by atoms with Crippen LogP contribution in [-0.4, -0.2) is 42.2 Å². The van der Waals surface area contributed by atoms with Crippen LogP contribution in [0.25, 0.3) is 0 Å². The number of allylic oxidation sites excluding steroid dienone is 1. The van der Waals surface area contributed by atoms with Gasteiger partial charge in [0.1, 0.15) is 11.6 Å². The predicted octanol–water partition coefficient (Wildman–Crippen LogP) is -0.674. The minimum Gasteiger partial charge on any atom is -0.494 e. The lowest BCUT2D eigenvalue weighted by Crippen LogP contribution is -3.10. The average Bonchev–Trinajstić information content (AvgIpc) is 3.13. The number of aromatic amines is 1. The lowest BCUT2D eigenvalue weighted by atomic mass is 9.88. The standard InChI is InChI=1S/C19H21N3O6/c1-4-6-22-18(24)13(17(23)20-19(22)25)14-11-8-12-16(28-9-27-12)15(26-3)10(11)5-7-21(14)2/h4,8,14,24H,1,5-7,9H2,2-3H3,(H,20,23,25)/p+1/t14-/m0/s1. The number of nitrogens with zero attached hydrogens (tertiary/aromatic N) is 1. The average molecular weight is 388 g/mol.